The van der Waals surface area contributed by atoms with Crippen LogP contribution in [0.4, 0.5) is 0 Å². The van der Waals surface area contributed by atoms with Crippen molar-refractivity contribution in [2.75, 3.05) is 13.2 Å². The monoisotopic (exact) mass is 206 g/mol. The smallest absolute Gasteiger partial charge is 0.139 e. The van der Waals surface area contributed by atoms with E-state index in [-0.39, 0.29) is 0 Å². The predicted molar refractivity (Wildman–Crippen MR) is 61.3 cm³/mol. The summed E-state index contributed by atoms with van der Waals surface area (Å²) in [6.07, 6.45) is 0. The van der Waals surface area contributed by atoms with Gasteiger partial charge in [0.1, 0.15) is 25.2 Å². The molecule has 2 heteroatoms. The minimum atomic E-state index is 0.293. The number of rotatable bonds is 4. The molecule has 1 aliphatic heterocycles. The molecular formula is C13H20NO+. The lowest BCUT2D eigenvalue weighted by Crippen LogP contribution is -2.32. The highest BCUT2D eigenvalue weighted by molar-refractivity contribution is 5.14. The van der Waals surface area contributed by atoms with Crippen LogP contribution in [0.25, 0.3) is 0 Å². The van der Waals surface area contributed by atoms with Gasteiger partial charge in [-0.05, 0) is 13.8 Å². The van der Waals surface area contributed by atoms with Crippen LogP contribution in [0.3, 0.4) is 0 Å². The lowest BCUT2D eigenvalue weighted by Gasteiger charge is -2.20. The maximum Gasteiger partial charge on any atom is 0.139 e. The molecule has 1 aromatic carbocycles. The van der Waals surface area contributed by atoms with E-state index in [2.05, 4.69) is 44.2 Å². The molecule has 15 heavy (non-hydrogen) atoms. The average molecular weight is 206 g/mol. The zero-order chi connectivity index (χ0) is 10.9. The number of benzene rings is 1. The van der Waals surface area contributed by atoms with Crippen LogP contribution in [0.15, 0.2) is 30.3 Å². The van der Waals surface area contributed by atoms with E-state index in [0.29, 0.717) is 18.7 Å². The summed E-state index contributed by atoms with van der Waals surface area (Å²) in [5.74, 6) is 0. The topological polar surface area (TPSA) is 20.2 Å². The molecule has 0 aliphatic carbocycles. The Morgan fingerprint density at radius 1 is 1.13 bits per heavy atom. The van der Waals surface area contributed by atoms with Gasteiger partial charge in [-0.25, -0.2) is 0 Å². The molecular weight excluding hydrogens is 186 g/mol. The van der Waals surface area contributed by atoms with Gasteiger partial charge in [0.05, 0.1) is 6.61 Å². The van der Waals surface area contributed by atoms with Gasteiger partial charge in [-0.1, -0.05) is 30.3 Å². The molecule has 0 spiro atoms. The van der Waals surface area contributed by atoms with E-state index in [1.807, 2.05) is 0 Å². The molecule has 1 aliphatic rings. The van der Waals surface area contributed by atoms with Crippen molar-refractivity contribution in [3.8, 4) is 0 Å². The van der Waals surface area contributed by atoms with Gasteiger partial charge >= 0.3 is 0 Å². The summed E-state index contributed by atoms with van der Waals surface area (Å²) in [4.78, 5) is 0. The Morgan fingerprint density at radius 2 is 1.73 bits per heavy atom. The molecule has 2 atom stereocenters. The second kappa shape index (κ2) is 3.95. The fraction of sp³-hybridized carbons (Fsp3) is 0.538. The average Bonchev–Trinajstić information content (AvgIpc) is 2.73. The van der Waals surface area contributed by atoms with Gasteiger partial charge in [0, 0.05) is 5.56 Å². The summed E-state index contributed by atoms with van der Waals surface area (Å²) in [5, 5.41) is 9.14. The molecule has 0 aromatic heterocycles. The Hall–Kier alpha value is -0.860. The van der Waals surface area contributed by atoms with E-state index in [1.54, 1.807) is 0 Å². The molecule has 0 bridgehead atoms. The zero-order valence-electron chi connectivity index (χ0n) is 9.56. The molecule has 0 saturated carbocycles. The van der Waals surface area contributed by atoms with E-state index in [4.69, 9.17) is 5.11 Å². The second-order valence-corrected chi connectivity index (χ2v) is 4.68. The fourth-order valence-electron chi connectivity index (χ4n) is 2.72. The van der Waals surface area contributed by atoms with Gasteiger partial charge in [-0.2, -0.15) is 0 Å². The van der Waals surface area contributed by atoms with Crippen molar-refractivity contribution < 1.29 is 9.59 Å². The first-order valence-electron chi connectivity index (χ1n) is 5.72. The number of nitrogens with zero attached hydrogens (tertiary/aromatic N) is 1. The summed E-state index contributed by atoms with van der Waals surface area (Å²) in [5.41, 5.74) is 1.38. The Labute approximate surface area is 91.7 Å². The van der Waals surface area contributed by atoms with Crippen molar-refractivity contribution in [3.63, 3.8) is 0 Å². The first-order valence-corrected chi connectivity index (χ1v) is 5.72. The van der Waals surface area contributed by atoms with Crippen LogP contribution in [0.5, 0.6) is 0 Å². The highest BCUT2D eigenvalue weighted by Crippen LogP contribution is 2.41. The van der Waals surface area contributed by atoms with E-state index in [1.165, 1.54) is 5.56 Å². The van der Waals surface area contributed by atoms with Crippen LogP contribution >= 0.6 is 0 Å². The lowest BCUT2D eigenvalue weighted by atomic mass is 10.2. The van der Waals surface area contributed by atoms with Crippen molar-refractivity contribution in [2.24, 2.45) is 0 Å². The maximum absolute atomic E-state index is 9.14. The molecule has 1 N–H and O–H groups in total. The van der Waals surface area contributed by atoms with Crippen molar-refractivity contribution >= 4 is 0 Å². The van der Waals surface area contributed by atoms with E-state index >= 15 is 0 Å². The third-order valence-corrected chi connectivity index (χ3v) is 4.07. The largest absolute Gasteiger partial charge is 0.391 e. The molecule has 2 nitrogen and oxygen atoms in total. The molecule has 2 rings (SSSR count). The van der Waals surface area contributed by atoms with Crippen LogP contribution in [0, 0.1) is 0 Å². The van der Waals surface area contributed by atoms with Crippen LogP contribution < -0.4 is 0 Å². The number of aliphatic hydroxyl groups excluding tert-OH is 1. The normalized spacial score (nSPS) is 34.1. The second-order valence-electron chi connectivity index (χ2n) is 4.68. The van der Waals surface area contributed by atoms with Gasteiger partial charge in [-0.3, -0.25) is 0 Å². The first kappa shape index (κ1) is 10.7. The Morgan fingerprint density at radius 3 is 2.20 bits per heavy atom. The zero-order valence-corrected chi connectivity index (χ0v) is 9.56. The molecule has 1 saturated heterocycles. The Balaban J connectivity index is 2.10. The lowest BCUT2D eigenvalue weighted by molar-refractivity contribution is -0.839. The molecule has 82 valence electrons. The summed E-state index contributed by atoms with van der Waals surface area (Å²) in [7, 11) is 0. The van der Waals surface area contributed by atoms with Gasteiger partial charge in [0.2, 0.25) is 0 Å². The molecule has 0 amide bonds. The Bertz CT molecular complexity index is 315. The van der Waals surface area contributed by atoms with Crippen LogP contribution in [0.2, 0.25) is 0 Å². The van der Waals surface area contributed by atoms with E-state index in [9.17, 15) is 0 Å². The third kappa shape index (κ3) is 1.80. The maximum atomic E-state index is 9.14. The molecule has 1 aromatic rings. The minimum absolute atomic E-state index is 0.293. The van der Waals surface area contributed by atoms with Gasteiger partial charge in [0.15, 0.2) is 0 Å². The van der Waals surface area contributed by atoms with E-state index in [0.717, 1.165) is 17.6 Å². The van der Waals surface area contributed by atoms with Crippen molar-refractivity contribution in [2.45, 2.75) is 32.5 Å². The number of quaternary nitrogens is 1. The Kier molecular flexibility index (Phi) is 2.81. The quantitative estimate of drug-likeness (QED) is 0.588. The number of hydrogen-bond acceptors (Lipinski definition) is 1. The number of hydrogen-bond donors (Lipinski definition) is 1. The highest BCUT2D eigenvalue weighted by atomic mass is 16.3. The predicted octanol–water partition coefficient (Wildman–Crippen LogP) is 1.79. The van der Waals surface area contributed by atoms with Crippen molar-refractivity contribution in [3.05, 3.63) is 35.9 Å². The highest BCUT2D eigenvalue weighted by Gasteiger charge is 2.59. The van der Waals surface area contributed by atoms with Gasteiger partial charge in [0.25, 0.3) is 0 Å². The summed E-state index contributed by atoms with van der Waals surface area (Å²) in [6.45, 7) is 6.80. The fourth-order valence-corrected chi connectivity index (χ4v) is 2.72. The number of aliphatic hydroxyl groups is 1. The third-order valence-electron chi connectivity index (χ3n) is 4.07. The standard InChI is InChI=1S/C13H20NO/c1-11-12(2)14(11,8-9-15)10-13-6-4-3-5-7-13/h3-7,11-12,15H,8-10H2,1-2H3/q+1. The van der Waals surface area contributed by atoms with Gasteiger partial charge < -0.3 is 9.59 Å². The van der Waals surface area contributed by atoms with E-state index < -0.39 is 0 Å². The SMILES string of the molecule is CC1C(C)[N+]1(CCO)Cc1ccccc1. The molecule has 1 heterocycles. The van der Waals surface area contributed by atoms with Crippen molar-refractivity contribution in [1.29, 1.82) is 0 Å². The van der Waals surface area contributed by atoms with Crippen LogP contribution in [0.1, 0.15) is 19.4 Å². The first-order chi connectivity index (χ1) is 7.20. The molecule has 1 fully saturated rings. The summed E-state index contributed by atoms with van der Waals surface area (Å²) < 4.78 is 1.06. The molecule has 0 radical (unpaired) electrons. The summed E-state index contributed by atoms with van der Waals surface area (Å²) in [6, 6.07) is 12.0. The minimum Gasteiger partial charge on any atom is -0.391 e. The summed E-state index contributed by atoms with van der Waals surface area (Å²) >= 11 is 0. The van der Waals surface area contributed by atoms with Gasteiger partial charge in [-0.15, -0.1) is 0 Å². The van der Waals surface area contributed by atoms with Crippen LogP contribution in [-0.2, 0) is 6.54 Å². The van der Waals surface area contributed by atoms with Crippen LogP contribution in [-0.4, -0.2) is 34.8 Å². The van der Waals surface area contributed by atoms with Crippen molar-refractivity contribution in [1.82, 2.24) is 0 Å². The molecule has 2 unspecified atom stereocenters.